The van der Waals surface area contributed by atoms with Gasteiger partial charge in [-0.1, -0.05) is 42.5 Å². The molecule has 1 aliphatic rings. The van der Waals surface area contributed by atoms with Gasteiger partial charge in [-0.3, -0.25) is 9.59 Å². The first kappa shape index (κ1) is 24.5. The number of hydrogen-bond acceptors (Lipinski definition) is 6. The van der Waals surface area contributed by atoms with Gasteiger partial charge in [0.05, 0.1) is 31.2 Å². The van der Waals surface area contributed by atoms with Crippen molar-refractivity contribution >= 4 is 28.5 Å². The monoisotopic (exact) mass is 517 g/mol. The number of carbonyl (C=O) groups is 1. The van der Waals surface area contributed by atoms with Crippen molar-refractivity contribution in [1.29, 1.82) is 0 Å². The highest BCUT2D eigenvalue weighted by atomic mass is 35.5. The van der Waals surface area contributed by atoms with Crippen LogP contribution >= 0.6 is 11.6 Å². The van der Waals surface area contributed by atoms with Crippen LogP contribution in [-0.2, 0) is 6.54 Å². The highest BCUT2D eigenvalue weighted by molar-refractivity contribution is 6.31. The van der Waals surface area contributed by atoms with Crippen LogP contribution in [0.2, 0.25) is 5.02 Å². The molecule has 1 atom stereocenters. The van der Waals surface area contributed by atoms with Gasteiger partial charge in [-0.2, -0.15) is 0 Å². The topological polar surface area (TPSA) is 78.2 Å². The summed E-state index contributed by atoms with van der Waals surface area (Å²) < 4.78 is 22.5. The van der Waals surface area contributed by atoms with Crippen LogP contribution < -0.4 is 19.6 Å². The molecule has 1 aliphatic heterocycles. The van der Waals surface area contributed by atoms with Crippen LogP contribution in [0.25, 0.3) is 11.0 Å². The van der Waals surface area contributed by atoms with Gasteiger partial charge in [0.25, 0.3) is 5.91 Å². The van der Waals surface area contributed by atoms with E-state index in [2.05, 4.69) is 6.58 Å². The summed E-state index contributed by atoms with van der Waals surface area (Å²) >= 11 is 6.18. The first-order chi connectivity index (χ1) is 17.9. The summed E-state index contributed by atoms with van der Waals surface area (Å²) in [6.07, 6.45) is 1.64. The zero-order valence-corrected chi connectivity index (χ0v) is 21.1. The fourth-order valence-corrected chi connectivity index (χ4v) is 4.72. The van der Waals surface area contributed by atoms with E-state index < -0.39 is 6.04 Å². The predicted molar refractivity (Wildman–Crippen MR) is 141 cm³/mol. The molecule has 1 amide bonds. The molecular weight excluding hydrogens is 494 g/mol. The molecule has 0 spiro atoms. The Hall–Kier alpha value is -4.23. The number of hydrogen-bond donors (Lipinski definition) is 0. The molecule has 0 aliphatic carbocycles. The lowest BCUT2D eigenvalue weighted by Crippen LogP contribution is -2.29. The molecule has 1 aromatic heterocycles. The third-order valence-electron chi connectivity index (χ3n) is 6.30. The molecule has 7 nitrogen and oxygen atoms in total. The molecule has 0 fully saturated rings. The number of ether oxygens (including phenoxy) is 3. The van der Waals surface area contributed by atoms with E-state index in [0.29, 0.717) is 45.4 Å². The van der Waals surface area contributed by atoms with E-state index in [1.807, 2.05) is 30.3 Å². The van der Waals surface area contributed by atoms with Gasteiger partial charge in [0.2, 0.25) is 5.76 Å². The molecule has 8 heteroatoms. The summed E-state index contributed by atoms with van der Waals surface area (Å²) in [6.45, 7) is 4.22. The Labute approximate surface area is 218 Å². The lowest BCUT2D eigenvalue weighted by Gasteiger charge is -2.26. The van der Waals surface area contributed by atoms with Crippen molar-refractivity contribution in [3.63, 3.8) is 0 Å². The lowest BCUT2D eigenvalue weighted by atomic mass is 9.97. The molecule has 188 valence electrons. The van der Waals surface area contributed by atoms with Gasteiger partial charge in [0.1, 0.15) is 17.9 Å². The summed E-state index contributed by atoms with van der Waals surface area (Å²) in [5.41, 5.74) is 1.80. The minimum Gasteiger partial charge on any atom is -0.497 e. The first-order valence-corrected chi connectivity index (χ1v) is 11.9. The van der Waals surface area contributed by atoms with Gasteiger partial charge in [0, 0.05) is 11.6 Å². The lowest BCUT2D eigenvalue weighted by molar-refractivity contribution is 0.0714. The smallest absolute Gasteiger partial charge is 0.291 e. The first-order valence-electron chi connectivity index (χ1n) is 11.6. The second-order valence-electron chi connectivity index (χ2n) is 8.51. The number of methoxy groups -OCH3 is 2. The predicted octanol–water partition coefficient (Wildman–Crippen LogP) is 5.77. The fraction of sp³-hybridized carbons (Fsp3) is 0.172. The quantitative estimate of drug-likeness (QED) is 0.276. The van der Waals surface area contributed by atoms with Crippen LogP contribution in [0.1, 0.15) is 33.3 Å². The standard InChI is InChI=1S/C29H24ClNO6/c1-4-13-36-23-11-7-18(14-24(23)35-3)26-25-27(32)21-15-19(30)8-12-22(21)37-28(25)29(33)31(26)16-17-5-9-20(34-2)10-6-17/h4-12,14-15,26H,1,13,16H2,2-3H3/t26-/m0/s1. The SMILES string of the molecule is C=CCOc1ccc([C@H]2c3c(oc4ccc(Cl)cc4c3=O)C(=O)N2Cc2ccc(OC)cc2)cc1OC. The van der Waals surface area contributed by atoms with Crippen LogP contribution in [0, 0.1) is 0 Å². The van der Waals surface area contributed by atoms with Gasteiger partial charge in [-0.25, -0.2) is 0 Å². The van der Waals surface area contributed by atoms with Crippen molar-refractivity contribution in [2.24, 2.45) is 0 Å². The van der Waals surface area contributed by atoms with E-state index in [1.54, 1.807) is 48.4 Å². The maximum Gasteiger partial charge on any atom is 0.291 e. The molecule has 0 bridgehead atoms. The van der Waals surface area contributed by atoms with Crippen LogP contribution in [0.4, 0.5) is 0 Å². The van der Waals surface area contributed by atoms with E-state index >= 15 is 0 Å². The van der Waals surface area contributed by atoms with E-state index in [4.69, 9.17) is 30.2 Å². The summed E-state index contributed by atoms with van der Waals surface area (Å²) in [7, 11) is 3.13. The highest BCUT2D eigenvalue weighted by Crippen LogP contribution is 2.42. The summed E-state index contributed by atoms with van der Waals surface area (Å²) in [4.78, 5) is 29.1. The van der Waals surface area contributed by atoms with Crippen LogP contribution in [0.3, 0.4) is 0 Å². The molecule has 0 saturated heterocycles. The number of carbonyl (C=O) groups excluding carboxylic acids is 1. The Kier molecular flexibility index (Phi) is 6.63. The highest BCUT2D eigenvalue weighted by Gasteiger charge is 2.43. The summed E-state index contributed by atoms with van der Waals surface area (Å²) in [5.74, 6) is 1.34. The van der Waals surface area contributed by atoms with Gasteiger partial charge in [0.15, 0.2) is 16.9 Å². The molecule has 3 aromatic carbocycles. The van der Waals surface area contributed by atoms with Crippen molar-refractivity contribution in [3.05, 3.63) is 111 Å². The van der Waals surface area contributed by atoms with Crippen LogP contribution in [0.15, 0.2) is 82.5 Å². The number of halogens is 1. The molecule has 37 heavy (non-hydrogen) atoms. The summed E-state index contributed by atoms with van der Waals surface area (Å²) in [5, 5.41) is 0.717. The van der Waals surface area contributed by atoms with Crippen molar-refractivity contribution in [1.82, 2.24) is 4.90 Å². The van der Waals surface area contributed by atoms with Crippen molar-refractivity contribution < 1.29 is 23.4 Å². The van der Waals surface area contributed by atoms with E-state index in [1.165, 1.54) is 7.11 Å². The van der Waals surface area contributed by atoms with Gasteiger partial charge in [-0.05, 0) is 53.6 Å². The third-order valence-corrected chi connectivity index (χ3v) is 6.53. The van der Waals surface area contributed by atoms with E-state index in [9.17, 15) is 9.59 Å². The normalized spacial score (nSPS) is 14.5. The van der Waals surface area contributed by atoms with E-state index in [-0.39, 0.29) is 29.2 Å². The zero-order valence-electron chi connectivity index (χ0n) is 20.3. The maximum absolute atomic E-state index is 13.8. The number of benzene rings is 3. The molecule has 0 unspecified atom stereocenters. The van der Waals surface area contributed by atoms with Crippen LogP contribution in [-0.4, -0.2) is 31.6 Å². The Bertz CT molecular complexity index is 1560. The number of fused-ring (bicyclic) bond motifs is 2. The number of nitrogens with zero attached hydrogens (tertiary/aromatic N) is 1. The van der Waals surface area contributed by atoms with Crippen molar-refractivity contribution in [2.75, 3.05) is 20.8 Å². The van der Waals surface area contributed by atoms with Gasteiger partial charge >= 0.3 is 0 Å². The molecule has 0 saturated carbocycles. The van der Waals surface area contributed by atoms with Gasteiger partial charge in [-0.15, -0.1) is 0 Å². The minimum atomic E-state index is -0.716. The average molecular weight is 518 g/mol. The Balaban J connectivity index is 1.67. The molecule has 5 rings (SSSR count). The third kappa shape index (κ3) is 4.42. The molecule has 0 N–H and O–H groups in total. The molecular formula is C29H24ClNO6. The number of rotatable bonds is 8. The second kappa shape index (κ2) is 10.0. The van der Waals surface area contributed by atoms with Gasteiger partial charge < -0.3 is 23.5 Å². The van der Waals surface area contributed by atoms with Crippen LogP contribution in [0.5, 0.6) is 17.2 Å². The van der Waals surface area contributed by atoms with E-state index in [0.717, 1.165) is 5.56 Å². The van der Waals surface area contributed by atoms with Crippen molar-refractivity contribution in [2.45, 2.75) is 12.6 Å². The Morgan fingerprint density at radius 3 is 2.49 bits per heavy atom. The zero-order chi connectivity index (χ0) is 26.1. The Morgan fingerprint density at radius 1 is 1.00 bits per heavy atom. The minimum absolute atomic E-state index is 0.0179. The molecule has 4 aromatic rings. The Morgan fingerprint density at radius 2 is 1.78 bits per heavy atom. The van der Waals surface area contributed by atoms with Crippen molar-refractivity contribution in [3.8, 4) is 17.2 Å². The molecule has 0 radical (unpaired) electrons. The maximum atomic E-state index is 13.8. The average Bonchev–Trinajstić information content (AvgIpc) is 3.19. The summed E-state index contributed by atoms with van der Waals surface area (Å²) in [6, 6.07) is 16.8. The fourth-order valence-electron chi connectivity index (χ4n) is 4.55. The second-order valence-corrected chi connectivity index (χ2v) is 8.94. The number of amides is 1. The largest absolute Gasteiger partial charge is 0.497 e. The molecule has 2 heterocycles.